The lowest BCUT2D eigenvalue weighted by Crippen LogP contribution is -2.61. The summed E-state index contributed by atoms with van der Waals surface area (Å²) in [5.74, 6) is 0.569. The molecule has 3 aromatic heterocycles. The highest BCUT2D eigenvalue weighted by atomic mass is 19.4. The molecule has 4 N–H and O–H groups in total. The van der Waals surface area contributed by atoms with Crippen LogP contribution in [0.1, 0.15) is 38.0 Å². The molecule has 1 aliphatic heterocycles. The maximum absolute atomic E-state index is 13.8. The number of nitrogens with zero attached hydrogens (tertiary/aromatic N) is 4. The Hall–Kier alpha value is -2.72. The lowest BCUT2D eigenvalue weighted by Gasteiger charge is -2.45. The summed E-state index contributed by atoms with van der Waals surface area (Å²) >= 11 is 0. The van der Waals surface area contributed by atoms with E-state index in [2.05, 4.69) is 20.2 Å². The Morgan fingerprint density at radius 2 is 2.13 bits per heavy atom. The van der Waals surface area contributed by atoms with Crippen LogP contribution >= 0.6 is 0 Å². The average Bonchev–Trinajstić information content (AvgIpc) is 3.12. The molecule has 0 radical (unpaired) electrons. The Kier molecular flexibility index (Phi) is 5.38. The highest BCUT2D eigenvalue weighted by Gasteiger charge is 2.41. The van der Waals surface area contributed by atoms with Gasteiger partial charge in [0.05, 0.1) is 16.9 Å². The second-order valence-electron chi connectivity index (χ2n) is 8.55. The van der Waals surface area contributed by atoms with Crippen molar-refractivity contribution >= 4 is 16.9 Å². The fraction of sp³-hybridized carbons (Fsp3) is 0.476. The van der Waals surface area contributed by atoms with E-state index in [9.17, 15) is 18.3 Å². The zero-order valence-corrected chi connectivity index (χ0v) is 17.3. The van der Waals surface area contributed by atoms with Gasteiger partial charge >= 0.3 is 6.18 Å². The van der Waals surface area contributed by atoms with Crippen molar-refractivity contribution in [2.24, 2.45) is 11.7 Å². The number of aromatic amines is 1. The van der Waals surface area contributed by atoms with E-state index < -0.39 is 23.4 Å². The highest BCUT2D eigenvalue weighted by molar-refractivity contribution is 5.90. The van der Waals surface area contributed by atoms with Gasteiger partial charge in [-0.25, -0.2) is 9.97 Å². The molecule has 2 atom stereocenters. The Bertz CT molecular complexity index is 1100. The topological polar surface area (TPSA) is 104 Å². The Morgan fingerprint density at radius 1 is 1.35 bits per heavy atom. The van der Waals surface area contributed by atoms with Crippen molar-refractivity contribution in [2.45, 2.75) is 44.5 Å². The molecule has 0 unspecified atom stereocenters. The zero-order valence-electron chi connectivity index (χ0n) is 17.3. The predicted molar refractivity (Wildman–Crippen MR) is 120 cm³/mol. The van der Waals surface area contributed by atoms with E-state index in [1.165, 1.54) is 12.3 Å². The Balaban J connectivity index is 0.00000289. The summed E-state index contributed by atoms with van der Waals surface area (Å²) in [6, 6.07) is 5.25. The van der Waals surface area contributed by atoms with E-state index in [0.717, 1.165) is 6.07 Å². The number of hydrogen-bond donors (Lipinski definition) is 3. The van der Waals surface area contributed by atoms with Crippen LogP contribution < -0.4 is 10.6 Å². The third kappa shape index (κ3) is 4.09. The van der Waals surface area contributed by atoms with E-state index in [1.54, 1.807) is 17.0 Å². The molecule has 31 heavy (non-hydrogen) atoms. The Labute approximate surface area is 183 Å². The molecule has 4 heterocycles. The van der Waals surface area contributed by atoms with Gasteiger partial charge in [0.1, 0.15) is 11.5 Å². The van der Waals surface area contributed by atoms with Crippen molar-refractivity contribution in [2.75, 3.05) is 18.0 Å². The zero-order chi connectivity index (χ0) is 22.4. The summed E-state index contributed by atoms with van der Waals surface area (Å²) in [5, 5.41) is 18.2. The summed E-state index contributed by atoms with van der Waals surface area (Å²) in [4.78, 5) is 10.3. The number of aromatic nitrogens is 4. The summed E-state index contributed by atoms with van der Waals surface area (Å²) in [7, 11) is 0. The van der Waals surface area contributed by atoms with Crippen LogP contribution in [0.15, 0.2) is 30.5 Å². The van der Waals surface area contributed by atoms with Crippen molar-refractivity contribution in [1.82, 2.24) is 20.2 Å². The molecule has 1 fully saturated rings. The minimum absolute atomic E-state index is 0. The van der Waals surface area contributed by atoms with E-state index in [-0.39, 0.29) is 29.6 Å². The first-order chi connectivity index (χ1) is 14.6. The number of anilines is 1. The average molecular weight is 443 g/mol. The number of alkyl halides is 3. The normalized spacial score (nSPS) is 22.5. The van der Waals surface area contributed by atoms with E-state index in [4.69, 9.17) is 5.73 Å². The van der Waals surface area contributed by atoms with Gasteiger partial charge < -0.3 is 15.7 Å². The molecular weight excluding hydrogens is 409 g/mol. The lowest BCUT2D eigenvalue weighted by molar-refractivity contribution is -0.137. The van der Waals surface area contributed by atoms with E-state index >= 15 is 0 Å². The molecule has 4 rings (SSSR count). The van der Waals surface area contributed by atoms with Crippen LogP contribution in [-0.4, -0.2) is 50.0 Å². The molecule has 0 spiro atoms. The van der Waals surface area contributed by atoms with Crippen LogP contribution in [0.3, 0.4) is 0 Å². The highest BCUT2D eigenvalue weighted by Crippen LogP contribution is 2.39. The van der Waals surface area contributed by atoms with Crippen molar-refractivity contribution in [3.8, 4) is 11.4 Å². The molecule has 0 aromatic carbocycles. The van der Waals surface area contributed by atoms with Crippen LogP contribution in [0.5, 0.6) is 0 Å². The van der Waals surface area contributed by atoms with Gasteiger partial charge in [-0.05, 0) is 43.0 Å². The van der Waals surface area contributed by atoms with Gasteiger partial charge in [0, 0.05) is 36.4 Å². The second-order valence-corrected chi connectivity index (χ2v) is 8.55. The summed E-state index contributed by atoms with van der Waals surface area (Å²) in [6.45, 7) is 4.69. The molecule has 0 aliphatic carbocycles. The number of fused-ring (bicyclic) bond motifs is 1. The number of β-amino-alcohol motifs (C(OH)–C–C–N with tert-alkyl or cyclic N) is 1. The molecule has 7 nitrogen and oxygen atoms in total. The van der Waals surface area contributed by atoms with Crippen LogP contribution in [-0.2, 0) is 6.18 Å². The van der Waals surface area contributed by atoms with Gasteiger partial charge in [0.25, 0.3) is 0 Å². The molecule has 0 saturated carbocycles. The van der Waals surface area contributed by atoms with E-state index in [1.807, 2.05) is 13.8 Å². The van der Waals surface area contributed by atoms with Gasteiger partial charge in [0.2, 0.25) is 0 Å². The van der Waals surface area contributed by atoms with Crippen molar-refractivity contribution < 1.29 is 24.0 Å². The van der Waals surface area contributed by atoms with Gasteiger partial charge in [-0.1, -0.05) is 13.8 Å². The number of nitrogens with one attached hydrogen (secondary N) is 1. The predicted octanol–water partition coefficient (Wildman–Crippen LogP) is 4.34. The number of hydrogen-bond acceptors (Lipinski definition) is 6. The minimum Gasteiger partial charge on any atom is -0.386 e. The standard InChI is InChI=1S/C21H25F3N6O.4H2/c1-12(2)10-20(31)11-30(9-7-15(20)25)16-6-5-14(21(22,23)24)18(27-16)17-13-4-3-8-26-19(13)29-28-17;;;;/h3-6,8,12,15,31H,7,9-11,25H2,1-2H3,(H,26,28,29);4*1H/t15-,20-;;;;/m0..../s1. The maximum Gasteiger partial charge on any atom is 0.418 e. The number of nitrogens with two attached hydrogens (primary N) is 1. The fourth-order valence-corrected chi connectivity index (χ4v) is 4.28. The number of rotatable bonds is 4. The molecule has 1 saturated heterocycles. The SMILES string of the molecule is CC(C)C[C@]1(O)CN(c2ccc(C(F)(F)F)c(-c3[nH]nc4ncccc34)n2)CC[C@@H]1N.[HH].[HH].[HH].[HH]. The lowest BCUT2D eigenvalue weighted by atomic mass is 9.81. The van der Waals surface area contributed by atoms with Gasteiger partial charge in [-0.3, -0.25) is 5.10 Å². The van der Waals surface area contributed by atoms with Crippen LogP contribution in [0.25, 0.3) is 22.4 Å². The first-order valence-corrected chi connectivity index (χ1v) is 10.2. The third-order valence-electron chi connectivity index (χ3n) is 5.70. The van der Waals surface area contributed by atoms with Crippen LogP contribution in [0.2, 0.25) is 0 Å². The van der Waals surface area contributed by atoms with Gasteiger partial charge in [0.15, 0.2) is 5.65 Å². The summed E-state index contributed by atoms with van der Waals surface area (Å²) < 4.78 is 41.3. The smallest absolute Gasteiger partial charge is 0.386 e. The number of pyridine rings is 2. The molecule has 0 amide bonds. The largest absolute Gasteiger partial charge is 0.418 e. The quantitative estimate of drug-likeness (QED) is 0.555. The van der Waals surface area contributed by atoms with E-state index in [0.29, 0.717) is 36.2 Å². The number of piperidine rings is 1. The first kappa shape index (κ1) is 21.5. The third-order valence-corrected chi connectivity index (χ3v) is 5.70. The summed E-state index contributed by atoms with van der Waals surface area (Å²) in [6.07, 6.45) is -2.07. The second kappa shape index (κ2) is 7.76. The number of aliphatic hydroxyl groups is 1. The van der Waals surface area contributed by atoms with Gasteiger partial charge in [-0.15, -0.1) is 0 Å². The van der Waals surface area contributed by atoms with Crippen LogP contribution in [0, 0.1) is 5.92 Å². The Morgan fingerprint density at radius 3 is 2.84 bits per heavy atom. The maximum atomic E-state index is 13.8. The fourth-order valence-electron chi connectivity index (χ4n) is 4.28. The molecule has 10 heteroatoms. The van der Waals surface area contributed by atoms with Crippen molar-refractivity contribution in [3.63, 3.8) is 0 Å². The minimum atomic E-state index is -4.59. The number of halogens is 3. The van der Waals surface area contributed by atoms with Crippen LogP contribution in [0.4, 0.5) is 19.0 Å². The van der Waals surface area contributed by atoms with Gasteiger partial charge in [-0.2, -0.15) is 18.3 Å². The number of H-pyrrole nitrogens is 1. The molecule has 1 aliphatic rings. The first-order valence-electron chi connectivity index (χ1n) is 10.2. The molecule has 3 aromatic rings. The molecule has 0 bridgehead atoms. The monoisotopic (exact) mass is 442 g/mol. The van der Waals surface area contributed by atoms with Crippen molar-refractivity contribution in [1.29, 1.82) is 0 Å². The summed E-state index contributed by atoms with van der Waals surface area (Å²) in [5.41, 5.74) is 4.41. The molecular formula is C21H33F3N6O. The molecule has 174 valence electrons. The van der Waals surface area contributed by atoms with Crippen molar-refractivity contribution in [3.05, 3.63) is 36.0 Å².